The average Bonchev–Trinajstić information content (AvgIpc) is 3.33. The van der Waals surface area contributed by atoms with Crippen LogP contribution in [0.3, 0.4) is 0 Å². The summed E-state index contributed by atoms with van der Waals surface area (Å²) in [5.41, 5.74) is 5.36. The third-order valence-electron chi connectivity index (χ3n) is 7.38. The van der Waals surface area contributed by atoms with Crippen molar-refractivity contribution in [2.45, 2.75) is 57.3 Å². The molecular formula is C25H29ClN2O. The van der Waals surface area contributed by atoms with Crippen LogP contribution < -0.4 is 0 Å². The number of nitrogens with one attached hydrogen (secondary N) is 1. The number of hydrogen-bond acceptors (Lipinski definition) is 2. The van der Waals surface area contributed by atoms with Gasteiger partial charge in [-0.2, -0.15) is 0 Å². The van der Waals surface area contributed by atoms with Gasteiger partial charge >= 0.3 is 0 Å². The molecule has 4 heteroatoms. The Labute approximate surface area is 177 Å². The highest BCUT2D eigenvalue weighted by molar-refractivity contribution is 6.31. The van der Waals surface area contributed by atoms with Crippen molar-refractivity contribution in [1.82, 2.24) is 9.97 Å². The molecule has 1 saturated heterocycles. The predicted molar refractivity (Wildman–Crippen MR) is 119 cm³/mol. The number of rotatable bonds is 5. The first-order chi connectivity index (χ1) is 14.0. The maximum atomic E-state index is 6.58. The molecule has 2 heterocycles. The van der Waals surface area contributed by atoms with Crippen molar-refractivity contribution in [3.8, 4) is 0 Å². The minimum absolute atomic E-state index is 0.194. The molecular weight excluding hydrogens is 380 g/mol. The van der Waals surface area contributed by atoms with Crippen LogP contribution in [0.25, 0.3) is 11.0 Å². The third kappa shape index (κ3) is 3.60. The summed E-state index contributed by atoms with van der Waals surface area (Å²) in [6, 6.07) is 15.0. The van der Waals surface area contributed by atoms with Crippen molar-refractivity contribution in [2.24, 2.45) is 5.41 Å². The van der Waals surface area contributed by atoms with Gasteiger partial charge in [0, 0.05) is 24.7 Å². The zero-order valence-corrected chi connectivity index (χ0v) is 18.1. The van der Waals surface area contributed by atoms with Crippen LogP contribution in [0, 0.1) is 5.41 Å². The van der Waals surface area contributed by atoms with Crippen molar-refractivity contribution in [3.05, 3.63) is 64.4 Å². The SMILES string of the molecule is CC1(c2ccc3nc(CC(c4ccccc4Cl)C4(C)CC4)[nH]c3c2)CCOCC1. The number of ether oxygens (including phenoxy) is 1. The van der Waals surface area contributed by atoms with E-state index >= 15 is 0 Å². The number of aromatic nitrogens is 2. The van der Waals surface area contributed by atoms with E-state index in [9.17, 15) is 0 Å². The normalized spacial score (nSPS) is 21.2. The van der Waals surface area contributed by atoms with Gasteiger partial charge in [-0.05, 0) is 71.8 Å². The van der Waals surface area contributed by atoms with E-state index in [0.29, 0.717) is 11.3 Å². The van der Waals surface area contributed by atoms with Crippen LogP contribution in [0.2, 0.25) is 5.02 Å². The molecule has 0 spiro atoms. The molecule has 1 aliphatic carbocycles. The van der Waals surface area contributed by atoms with Gasteiger partial charge in [-0.1, -0.05) is 49.7 Å². The number of H-pyrrole nitrogens is 1. The highest BCUT2D eigenvalue weighted by Gasteiger charge is 2.46. The molecule has 2 fully saturated rings. The molecule has 1 N–H and O–H groups in total. The van der Waals surface area contributed by atoms with Crippen molar-refractivity contribution in [1.29, 1.82) is 0 Å². The van der Waals surface area contributed by atoms with E-state index < -0.39 is 0 Å². The lowest BCUT2D eigenvalue weighted by atomic mass is 9.76. The Morgan fingerprint density at radius 1 is 1.07 bits per heavy atom. The molecule has 29 heavy (non-hydrogen) atoms. The number of aromatic amines is 1. The molecule has 152 valence electrons. The Balaban J connectivity index is 1.46. The summed E-state index contributed by atoms with van der Waals surface area (Å²) in [6.45, 7) is 6.44. The number of imidazole rings is 1. The van der Waals surface area contributed by atoms with Gasteiger partial charge in [0.2, 0.25) is 0 Å². The highest BCUT2D eigenvalue weighted by Crippen LogP contribution is 2.57. The number of nitrogens with zero attached hydrogens (tertiary/aromatic N) is 1. The second kappa shape index (κ2) is 7.14. The van der Waals surface area contributed by atoms with E-state index in [0.717, 1.165) is 54.4 Å². The van der Waals surface area contributed by atoms with Crippen LogP contribution in [-0.4, -0.2) is 23.2 Å². The monoisotopic (exact) mass is 408 g/mol. The minimum atomic E-state index is 0.194. The number of fused-ring (bicyclic) bond motifs is 1. The third-order valence-corrected chi connectivity index (χ3v) is 7.73. The first-order valence-corrected chi connectivity index (χ1v) is 11.2. The van der Waals surface area contributed by atoms with Crippen LogP contribution in [0.5, 0.6) is 0 Å². The molecule has 1 aliphatic heterocycles. The Morgan fingerprint density at radius 3 is 2.55 bits per heavy atom. The van der Waals surface area contributed by atoms with Crippen molar-refractivity contribution in [2.75, 3.05) is 13.2 Å². The summed E-state index contributed by atoms with van der Waals surface area (Å²) in [5.74, 6) is 1.46. The predicted octanol–water partition coefficient (Wildman–Crippen LogP) is 6.41. The van der Waals surface area contributed by atoms with E-state index in [4.69, 9.17) is 21.3 Å². The van der Waals surface area contributed by atoms with Crippen LogP contribution in [0.15, 0.2) is 42.5 Å². The maximum Gasteiger partial charge on any atom is 0.107 e. The molecule has 5 rings (SSSR count). The number of hydrogen-bond donors (Lipinski definition) is 1. The molecule has 1 aromatic heterocycles. The largest absolute Gasteiger partial charge is 0.381 e. The first-order valence-electron chi connectivity index (χ1n) is 10.8. The standard InChI is InChI=1S/C25H29ClN2O/c1-24(11-13-29-14-12-24)17-7-8-21-22(15-17)28-23(27-21)16-19(25(2)9-10-25)18-5-3-4-6-20(18)26/h3-8,15,19H,9-14,16H2,1-2H3,(H,27,28). The highest BCUT2D eigenvalue weighted by atomic mass is 35.5. The summed E-state index contributed by atoms with van der Waals surface area (Å²) in [7, 11) is 0. The van der Waals surface area contributed by atoms with Crippen molar-refractivity contribution < 1.29 is 4.74 Å². The van der Waals surface area contributed by atoms with Crippen LogP contribution in [0.4, 0.5) is 0 Å². The van der Waals surface area contributed by atoms with E-state index in [1.165, 1.54) is 24.0 Å². The lowest BCUT2D eigenvalue weighted by Gasteiger charge is -2.34. The molecule has 2 aliphatic rings. The summed E-state index contributed by atoms with van der Waals surface area (Å²) in [5, 5.41) is 0.872. The fourth-order valence-electron chi connectivity index (χ4n) is 4.87. The van der Waals surface area contributed by atoms with E-state index in [1.807, 2.05) is 12.1 Å². The van der Waals surface area contributed by atoms with Gasteiger partial charge in [-0.15, -0.1) is 0 Å². The fraction of sp³-hybridized carbons (Fsp3) is 0.480. The number of benzene rings is 2. The molecule has 0 radical (unpaired) electrons. The molecule has 1 saturated carbocycles. The van der Waals surface area contributed by atoms with E-state index in [1.54, 1.807) is 0 Å². The summed E-state index contributed by atoms with van der Waals surface area (Å²) in [6.07, 6.45) is 5.57. The Morgan fingerprint density at radius 2 is 1.83 bits per heavy atom. The van der Waals surface area contributed by atoms with Gasteiger partial charge < -0.3 is 9.72 Å². The van der Waals surface area contributed by atoms with Gasteiger partial charge in [-0.25, -0.2) is 4.98 Å². The summed E-state index contributed by atoms with van der Waals surface area (Å²) >= 11 is 6.58. The van der Waals surface area contributed by atoms with E-state index in [2.05, 4.69) is 49.2 Å². The van der Waals surface area contributed by atoms with Crippen LogP contribution in [0.1, 0.15) is 62.4 Å². The Bertz CT molecular complexity index is 1030. The van der Waals surface area contributed by atoms with Crippen LogP contribution in [-0.2, 0) is 16.6 Å². The minimum Gasteiger partial charge on any atom is -0.381 e. The maximum absolute atomic E-state index is 6.58. The molecule has 0 bridgehead atoms. The quantitative estimate of drug-likeness (QED) is 0.529. The fourth-order valence-corrected chi connectivity index (χ4v) is 5.14. The van der Waals surface area contributed by atoms with Gasteiger partial charge in [0.15, 0.2) is 0 Å². The summed E-state index contributed by atoms with van der Waals surface area (Å²) in [4.78, 5) is 8.56. The lowest BCUT2D eigenvalue weighted by Crippen LogP contribution is -2.30. The van der Waals surface area contributed by atoms with E-state index in [-0.39, 0.29) is 5.41 Å². The molecule has 3 nitrogen and oxygen atoms in total. The average molecular weight is 409 g/mol. The lowest BCUT2D eigenvalue weighted by molar-refractivity contribution is 0.0565. The zero-order chi connectivity index (χ0) is 20.1. The molecule has 1 unspecified atom stereocenters. The van der Waals surface area contributed by atoms with Gasteiger partial charge in [0.25, 0.3) is 0 Å². The Kier molecular flexibility index (Phi) is 4.71. The first kappa shape index (κ1) is 19.1. The van der Waals surface area contributed by atoms with Crippen molar-refractivity contribution in [3.63, 3.8) is 0 Å². The van der Waals surface area contributed by atoms with Crippen LogP contribution >= 0.6 is 11.6 Å². The van der Waals surface area contributed by atoms with Gasteiger partial charge in [-0.3, -0.25) is 0 Å². The topological polar surface area (TPSA) is 37.9 Å². The Hall–Kier alpha value is -1.84. The second-order valence-electron chi connectivity index (χ2n) is 9.52. The smallest absolute Gasteiger partial charge is 0.107 e. The zero-order valence-electron chi connectivity index (χ0n) is 17.3. The number of halogens is 1. The van der Waals surface area contributed by atoms with Gasteiger partial charge in [0.05, 0.1) is 11.0 Å². The molecule has 2 aromatic carbocycles. The van der Waals surface area contributed by atoms with Crippen molar-refractivity contribution >= 4 is 22.6 Å². The molecule has 0 amide bonds. The second-order valence-corrected chi connectivity index (χ2v) is 9.93. The molecule has 1 atom stereocenters. The molecule has 3 aromatic rings. The summed E-state index contributed by atoms with van der Waals surface area (Å²) < 4.78 is 5.58. The van der Waals surface area contributed by atoms with Gasteiger partial charge in [0.1, 0.15) is 5.82 Å².